The van der Waals surface area contributed by atoms with Gasteiger partial charge in [-0.25, -0.2) is 9.69 Å². The average Bonchev–Trinajstić information content (AvgIpc) is 2.69. The maximum Gasteiger partial charge on any atom is 0.335 e. The van der Waals surface area contributed by atoms with Crippen LogP contribution in [0.15, 0.2) is 42.0 Å². The molecule has 9 heteroatoms. The van der Waals surface area contributed by atoms with E-state index in [4.69, 9.17) is 21.1 Å². The van der Waals surface area contributed by atoms with Crippen molar-refractivity contribution in [2.45, 2.75) is 6.92 Å². The smallest absolute Gasteiger partial charge is 0.335 e. The number of imide groups is 2. The molecule has 0 unspecified atom stereocenters. The molecule has 1 fully saturated rings. The lowest BCUT2D eigenvalue weighted by Gasteiger charge is -2.26. The fourth-order valence-electron chi connectivity index (χ4n) is 2.75. The van der Waals surface area contributed by atoms with Crippen molar-refractivity contribution in [2.75, 3.05) is 18.6 Å². The molecule has 0 aliphatic carbocycles. The van der Waals surface area contributed by atoms with Crippen molar-refractivity contribution in [3.63, 3.8) is 0 Å². The van der Waals surface area contributed by atoms with Crippen LogP contribution >= 0.6 is 11.6 Å². The second kappa shape index (κ2) is 8.24. The highest BCUT2D eigenvalue weighted by atomic mass is 35.5. The highest BCUT2D eigenvalue weighted by Crippen LogP contribution is 2.36. The number of amides is 4. The second-order valence-corrected chi connectivity index (χ2v) is 6.35. The number of ether oxygens (including phenoxy) is 2. The number of anilines is 1. The van der Waals surface area contributed by atoms with Crippen molar-refractivity contribution in [1.29, 1.82) is 0 Å². The van der Waals surface area contributed by atoms with Crippen LogP contribution in [-0.2, 0) is 9.59 Å². The average molecular weight is 417 g/mol. The van der Waals surface area contributed by atoms with Crippen LogP contribution in [0.1, 0.15) is 12.5 Å². The van der Waals surface area contributed by atoms with Gasteiger partial charge in [0.1, 0.15) is 11.3 Å². The first-order valence-electron chi connectivity index (χ1n) is 8.56. The molecule has 0 spiro atoms. The third-order valence-corrected chi connectivity index (χ3v) is 4.38. The highest BCUT2D eigenvalue weighted by molar-refractivity contribution is 6.39. The maximum atomic E-state index is 12.9. The van der Waals surface area contributed by atoms with E-state index in [-0.39, 0.29) is 27.8 Å². The molecule has 1 aliphatic rings. The van der Waals surface area contributed by atoms with E-state index >= 15 is 0 Å². The Hall–Kier alpha value is -3.52. The molecule has 4 amide bonds. The van der Waals surface area contributed by atoms with Crippen LogP contribution in [0.3, 0.4) is 0 Å². The Bertz CT molecular complexity index is 1020. The number of urea groups is 1. The van der Waals surface area contributed by atoms with E-state index in [0.29, 0.717) is 17.9 Å². The van der Waals surface area contributed by atoms with Gasteiger partial charge in [-0.1, -0.05) is 11.6 Å². The first kappa shape index (κ1) is 20.2. The summed E-state index contributed by atoms with van der Waals surface area (Å²) in [6, 6.07) is 8.22. The third kappa shape index (κ3) is 4.02. The third-order valence-electron chi connectivity index (χ3n) is 4.09. The molecule has 0 radical (unpaired) electrons. The molecule has 1 heterocycles. The second-order valence-electron chi connectivity index (χ2n) is 5.94. The predicted octanol–water partition coefficient (Wildman–Crippen LogP) is 3.12. The zero-order valence-corrected chi connectivity index (χ0v) is 16.3. The van der Waals surface area contributed by atoms with Crippen LogP contribution in [0, 0.1) is 0 Å². The van der Waals surface area contributed by atoms with Gasteiger partial charge in [0.15, 0.2) is 11.5 Å². The number of nitrogens with one attached hydrogen (secondary N) is 1. The minimum atomic E-state index is -0.859. The predicted molar refractivity (Wildman–Crippen MR) is 106 cm³/mol. The van der Waals surface area contributed by atoms with Gasteiger partial charge in [-0.3, -0.25) is 14.9 Å². The van der Waals surface area contributed by atoms with Crippen LogP contribution in [0.5, 0.6) is 17.2 Å². The van der Waals surface area contributed by atoms with E-state index in [0.717, 1.165) is 4.90 Å². The normalized spacial score (nSPS) is 15.5. The van der Waals surface area contributed by atoms with Gasteiger partial charge in [-0.05, 0) is 55.0 Å². The lowest BCUT2D eigenvalue weighted by molar-refractivity contribution is -0.122. The number of methoxy groups -OCH3 is 1. The van der Waals surface area contributed by atoms with Crippen molar-refractivity contribution in [3.05, 3.63) is 52.6 Å². The number of hydrogen-bond donors (Lipinski definition) is 2. The zero-order chi connectivity index (χ0) is 21.1. The molecule has 0 atom stereocenters. The fourth-order valence-corrected chi connectivity index (χ4v) is 2.97. The Morgan fingerprint density at radius 2 is 1.86 bits per heavy atom. The summed E-state index contributed by atoms with van der Waals surface area (Å²) >= 11 is 5.96. The Kier molecular flexibility index (Phi) is 5.74. The summed E-state index contributed by atoms with van der Waals surface area (Å²) in [5, 5.41) is 12.0. The number of benzene rings is 2. The number of hydrogen-bond acceptors (Lipinski definition) is 6. The molecule has 150 valence electrons. The van der Waals surface area contributed by atoms with Gasteiger partial charge < -0.3 is 14.6 Å². The van der Waals surface area contributed by atoms with Gasteiger partial charge in [0, 0.05) is 0 Å². The summed E-state index contributed by atoms with van der Waals surface area (Å²) in [5.41, 5.74) is 0.335. The SMILES string of the molecule is CCOc1ccc(N2C(=O)NC(=O)C(=Cc3cc(Cl)c(O)c(OC)c3)C2=O)cc1. The maximum absolute atomic E-state index is 12.9. The van der Waals surface area contributed by atoms with E-state index in [1.165, 1.54) is 37.5 Å². The van der Waals surface area contributed by atoms with Crippen molar-refractivity contribution in [1.82, 2.24) is 5.32 Å². The monoisotopic (exact) mass is 416 g/mol. The van der Waals surface area contributed by atoms with E-state index in [9.17, 15) is 19.5 Å². The van der Waals surface area contributed by atoms with Crippen LogP contribution in [-0.4, -0.2) is 36.7 Å². The number of nitrogens with zero attached hydrogens (tertiary/aromatic N) is 1. The fraction of sp³-hybridized carbons (Fsp3) is 0.150. The van der Waals surface area contributed by atoms with Crippen molar-refractivity contribution < 1.29 is 29.0 Å². The van der Waals surface area contributed by atoms with Crippen molar-refractivity contribution in [2.24, 2.45) is 0 Å². The molecular weight excluding hydrogens is 400 g/mol. The summed E-state index contributed by atoms with van der Waals surface area (Å²) in [5.74, 6) is -1.25. The summed E-state index contributed by atoms with van der Waals surface area (Å²) in [6.45, 7) is 2.31. The number of aromatic hydroxyl groups is 1. The minimum Gasteiger partial charge on any atom is -0.503 e. The molecule has 29 heavy (non-hydrogen) atoms. The van der Waals surface area contributed by atoms with Gasteiger partial charge in [0.2, 0.25) is 0 Å². The number of carbonyl (C=O) groups excluding carboxylic acids is 3. The van der Waals surface area contributed by atoms with Crippen LogP contribution in [0.2, 0.25) is 5.02 Å². The first-order valence-corrected chi connectivity index (χ1v) is 8.94. The van der Waals surface area contributed by atoms with Crippen LogP contribution < -0.4 is 19.7 Å². The van der Waals surface area contributed by atoms with Crippen LogP contribution in [0.4, 0.5) is 10.5 Å². The Balaban J connectivity index is 1.99. The molecule has 8 nitrogen and oxygen atoms in total. The van der Waals surface area contributed by atoms with E-state index in [1.54, 1.807) is 12.1 Å². The quantitative estimate of drug-likeness (QED) is 0.573. The molecule has 0 bridgehead atoms. The van der Waals surface area contributed by atoms with E-state index < -0.39 is 17.8 Å². The summed E-state index contributed by atoms with van der Waals surface area (Å²) < 4.78 is 10.4. The molecule has 2 aromatic rings. The summed E-state index contributed by atoms with van der Waals surface area (Å²) in [4.78, 5) is 38.3. The van der Waals surface area contributed by atoms with Gasteiger partial charge in [0.05, 0.1) is 24.4 Å². The van der Waals surface area contributed by atoms with E-state index in [1.807, 2.05) is 6.92 Å². The molecule has 3 rings (SSSR count). The summed E-state index contributed by atoms with van der Waals surface area (Å²) in [6.07, 6.45) is 1.26. The van der Waals surface area contributed by atoms with Crippen molar-refractivity contribution in [3.8, 4) is 17.2 Å². The number of phenolic OH excluding ortho intramolecular Hbond substituents is 1. The van der Waals surface area contributed by atoms with Crippen molar-refractivity contribution >= 4 is 41.2 Å². The number of barbiturate groups is 1. The molecule has 0 aromatic heterocycles. The van der Waals surface area contributed by atoms with Gasteiger partial charge in [-0.2, -0.15) is 0 Å². The largest absolute Gasteiger partial charge is 0.503 e. The van der Waals surface area contributed by atoms with Gasteiger partial charge in [-0.15, -0.1) is 0 Å². The molecule has 1 aliphatic heterocycles. The van der Waals surface area contributed by atoms with E-state index in [2.05, 4.69) is 5.32 Å². The Labute approximate surface area is 171 Å². The van der Waals surface area contributed by atoms with Gasteiger partial charge in [0.25, 0.3) is 11.8 Å². The first-order chi connectivity index (χ1) is 13.8. The Morgan fingerprint density at radius 1 is 1.17 bits per heavy atom. The topological polar surface area (TPSA) is 105 Å². The lowest BCUT2D eigenvalue weighted by Crippen LogP contribution is -2.54. The minimum absolute atomic E-state index is 0.0145. The Morgan fingerprint density at radius 3 is 2.48 bits per heavy atom. The number of rotatable bonds is 5. The zero-order valence-electron chi connectivity index (χ0n) is 15.6. The molecular formula is C20H17ClN2O6. The summed E-state index contributed by atoms with van der Waals surface area (Å²) in [7, 11) is 1.34. The number of phenols is 1. The molecule has 0 saturated carbocycles. The number of halogens is 1. The molecule has 2 N–H and O–H groups in total. The number of carbonyl (C=O) groups is 3. The van der Waals surface area contributed by atoms with Gasteiger partial charge >= 0.3 is 6.03 Å². The molecule has 1 saturated heterocycles. The highest BCUT2D eigenvalue weighted by Gasteiger charge is 2.36. The standard InChI is InChI=1S/C20H17ClN2O6/c1-3-29-13-6-4-12(5-7-13)23-19(26)14(18(25)22-20(23)27)8-11-9-15(21)17(24)16(10-11)28-2/h4-10,24H,3H2,1-2H3,(H,22,25,27). The molecule has 2 aromatic carbocycles. The lowest BCUT2D eigenvalue weighted by atomic mass is 10.1. The van der Waals surface area contributed by atoms with Crippen LogP contribution in [0.25, 0.3) is 6.08 Å².